The molecule has 2 heterocycles. The number of nitrogens with one attached hydrogen (secondary N) is 2. The zero-order chi connectivity index (χ0) is 18.5. The Morgan fingerprint density at radius 1 is 1.23 bits per heavy atom. The fourth-order valence-corrected chi connectivity index (χ4v) is 2.54. The summed E-state index contributed by atoms with van der Waals surface area (Å²) in [7, 11) is 0. The smallest absolute Gasteiger partial charge is 0.315 e. The summed E-state index contributed by atoms with van der Waals surface area (Å²) in [6.07, 6.45) is 2.14. The SMILES string of the molecule is OCC(O)CNc1nnc(-c2ccncc2Nc2ccc(I)cc2F)o1. The van der Waals surface area contributed by atoms with Crippen LogP contribution >= 0.6 is 22.6 Å². The summed E-state index contributed by atoms with van der Waals surface area (Å²) < 4.78 is 20.4. The fraction of sp³-hybridized carbons (Fsp3) is 0.188. The summed E-state index contributed by atoms with van der Waals surface area (Å²) in [4.78, 5) is 4.04. The number of nitrogens with zero attached hydrogens (tertiary/aromatic N) is 3. The van der Waals surface area contributed by atoms with Gasteiger partial charge in [-0.25, -0.2) is 4.39 Å². The Morgan fingerprint density at radius 3 is 2.85 bits per heavy atom. The summed E-state index contributed by atoms with van der Waals surface area (Å²) >= 11 is 2.03. The average Bonchev–Trinajstić information content (AvgIpc) is 3.11. The van der Waals surface area contributed by atoms with Crippen molar-refractivity contribution in [1.82, 2.24) is 15.2 Å². The molecule has 1 aromatic carbocycles. The van der Waals surface area contributed by atoms with Gasteiger partial charge in [-0.05, 0) is 46.9 Å². The van der Waals surface area contributed by atoms with Crippen LogP contribution in [-0.4, -0.2) is 44.7 Å². The van der Waals surface area contributed by atoms with Crippen LogP contribution in [0.15, 0.2) is 41.1 Å². The minimum atomic E-state index is -0.938. The molecule has 1 unspecified atom stereocenters. The van der Waals surface area contributed by atoms with E-state index in [0.29, 0.717) is 16.9 Å². The zero-order valence-corrected chi connectivity index (χ0v) is 15.5. The largest absolute Gasteiger partial charge is 0.403 e. The van der Waals surface area contributed by atoms with Crippen molar-refractivity contribution in [1.29, 1.82) is 0 Å². The van der Waals surface area contributed by atoms with E-state index in [1.807, 2.05) is 22.6 Å². The molecule has 0 radical (unpaired) electrons. The minimum Gasteiger partial charge on any atom is -0.403 e. The van der Waals surface area contributed by atoms with Crippen LogP contribution in [0, 0.1) is 9.39 Å². The number of benzene rings is 1. The molecule has 0 fully saturated rings. The van der Waals surface area contributed by atoms with Crippen molar-refractivity contribution in [3.63, 3.8) is 0 Å². The number of hydrogen-bond donors (Lipinski definition) is 4. The van der Waals surface area contributed by atoms with E-state index in [0.717, 1.165) is 3.57 Å². The van der Waals surface area contributed by atoms with E-state index in [9.17, 15) is 9.50 Å². The van der Waals surface area contributed by atoms with Gasteiger partial charge in [-0.3, -0.25) is 4.98 Å². The number of pyridine rings is 1. The first kappa shape index (κ1) is 18.5. The van der Waals surface area contributed by atoms with E-state index in [2.05, 4.69) is 25.8 Å². The van der Waals surface area contributed by atoms with Gasteiger partial charge in [0.2, 0.25) is 0 Å². The van der Waals surface area contributed by atoms with E-state index in [-0.39, 0.29) is 25.1 Å². The monoisotopic (exact) mass is 471 g/mol. The molecule has 10 heteroatoms. The Morgan fingerprint density at radius 2 is 2.08 bits per heavy atom. The maximum absolute atomic E-state index is 14.1. The highest BCUT2D eigenvalue weighted by Crippen LogP contribution is 2.30. The molecule has 0 amide bonds. The number of hydrogen-bond acceptors (Lipinski definition) is 8. The quantitative estimate of drug-likeness (QED) is 0.389. The van der Waals surface area contributed by atoms with Gasteiger partial charge >= 0.3 is 6.01 Å². The maximum atomic E-state index is 14.1. The number of aliphatic hydroxyl groups excluding tert-OH is 2. The maximum Gasteiger partial charge on any atom is 0.315 e. The lowest BCUT2D eigenvalue weighted by molar-refractivity contribution is 0.105. The third kappa shape index (κ3) is 4.45. The van der Waals surface area contributed by atoms with Crippen LogP contribution in [0.3, 0.4) is 0 Å². The second kappa shape index (κ2) is 8.38. The van der Waals surface area contributed by atoms with E-state index in [1.54, 1.807) is 24.4 Å². The molecule has 3 rings (SSSR count). The third-order valence-electron chi connectivity index (χ3n) is 3.38. The molecular weight excluding hydrogens is 456 g/mol. The molecule has 0 aliphatic rings. The first-order valence-electron chi connectivity index (χ1n) is 7.59. The van der Waals surface area contributed by atoms with Gasteiger partial charge in [-0.1, -0.05) is 5.10 Å². The van der Waals surface area contributed by atoms with Crippen molar-refractivity contribution in [2.45, 2.75) is 6.10 Å². The standard InChI is InChI=1S/C16H15FIN5O3/c17-12-5-9(18)1-2-13(12)21-14-7-19-4-3-11(14)15-22-23-16(26-15)20-6-10(25)8-24/h1-5,7,10,21,24-25H,6,8H2,(H,20,23). The highest BCUT2D eigenvalue weighted by atomic mass is 127. The Labute approximate surface area is 161 Å². The Kier molecular flexibility index (Phi) is 5.96. The Balaban J connectivity index is 1.82. The van der Waals surface area contributed by atoms with Crippen molar-refractivity contribution >= 4 is 40.0 Å². The summed E-state index contributed by atoms with van der Waals surface area (Å²) in [5, 5.41) is 31.6. The molecule has 0 aliphatic heterocycles. The average molecular weight is 471 g/mol. The highest BCUT2D eigenvalue weighted by Gasteiger charge is 2.15. The van der Waals surface area contributed by atoms with Crippen LogP contribution in [0.4, 0.5) is 21.8 Å². The second-order valence-corrected chi connectivity index (χ2v) is 6.55. The molecule has 0 saturated heterocycles. The van der Waals surface area contributed by atoms with Crippen molar-refractivity contribution in [2.75, 3.05) is 23.8 Å². The molecule has 26 heavy (non-hydrogen) atoms. The first-order valence-corrected chi connectivity index (χ1v) is 8.67. The van der Waals surface area contributed by atoms with Gasteiger partial charge in [0.1, 0.15) is 5.82 Å². The number of anilines is 3. The molecule has 0 aliphatic carbocycles. The molecule has 1 atom stereocenters. The van der Waals surface area contributed by atoms with Crippen molar-refractivity contribution in [2.24, 2.45) is 0 Å². The number of halogens is 2. The van der Waals surface area contributed by atoms with E-state index in [4.69, 9.17) is 9.52 Å². The van der Waals surface area contributed by atoms with Gasteiger partial charge in [0, 0.05) is 16.3 Å². The van der Waals surface area contributed by atoms with Gasteiger partial charge in [0.25, 0.3) is 5.89 Å². The molecule has 8 nitrogen and oxygen atoms in total. The fourth-order valence-electron chi connectivity index (χ4n) is 2.09. The summed E-state index contributed by atoms with van der Waals surface area (Å²) in [5.74, 6) is -0.195. The van der Waals surface area contributed by atoms with Gasteiger partial charge in [0.15, 0.2) is 0 Å². The molecule has 4 N–H and O–H groups in total. The Bertz CT molecular complexity index is 892. The number of rotatable bonds is 7. The van der Waals surface area contributed by atoms with Gasteiger partial charge in [-0.2, -0.15) is 0 Å². The summed E-state index contributed by atoms with van der Waals surface area (Å²) in [5.41, 5.74) is 1.34. The molecule has 2 aromatic heterocycles. The van der Waals surface area contributed by atoms with Crippen molar-refractivity contribution < 1.29 is 19.0 Å². The minimum absolute atomic E-state index is 0.0629. The highest BCUT2D eigenvalue weighted by molar-refractivity contribution is 14.1. The van der Waals surface area contributed by atoms with E-state index < -0.39 is 11.9 Å². The predicted octanol–water partition coefficient (Wildman–Crippen LogP) is 2.38. The van der Waals surface area contributed by atoms with Crippen LogP contribution in [-0.2, 0) is 0 Å². The third-order valence-corrected chi connectivity index (χ3v) is 4.05. The van der Waals surface area contributed by atoms with Gasteiger partial charge < -0.3 is 25.3 Å². The van der Waals surface area contributed by atoms with Crippen molar-refractivity contribution in [3.05, 3.63) is 46.0 Å². The Hall–Kier alpha value is -2.31. The van der Waals surface area contributed by atoms with Gasteiger partial charge in [-0.15, -0.1) is 5.10 Å². The lowest BCUT2D eigenvalue weighted by Gasteiger charge is -2.10. The van der Waals surface area contributed by atoms with Crippen molar-refractivity contribution in [3.8, 4) is 11.5 Å². The van der Waals surface area contributed by atoms with Crippen LogP contribution in [0.1, 0.15) is 0 Å². The second-order valence-electron chi connectivity index (χ2n) is 5.30. The molecular formula is C16H15FIN5O3. The zero-order valence-electron chi connectivity index (χ0n) is 13.4. The molecule has 0 bridgehead atoms. The van der Waals surface area contributed by atoms with Crippen LogP contribution < -0.4 is 10.6 Å². The van der Waals surface area contributed by atoms with E-state index >= 15 is 0 Å². The topological polar surface area (TPSA) is 116 Å². The lowest BCUT2D eigenvalue weighted by Crippen LogP contribution is -2.23. The first-order chi connectivity index (χ1) is 12.6. The predicted molar refractivity (Wildman–Crippen MR) is 102 cm³/mol. The molecule has 0 spiro atoms. The van der Waals surface area contributed by atoms with Crippen LogP contribution in [0.2, 0.25) is 0 Å². The summed E-state index contributed by atoms with van der Waals surface area (Å²) in [6.45, 7) is -0.318. The number of aliphatic hydroxyl groups is 2. The molecule has 3 aromatic rings. The number of aromatic nitrogens is 3. The normalized spacial score (nSPS) is 12.0. The lowest BCUT2D eigenvalue weighted by atomic mass is 10.2. The molecule has 136 valence electrons. The van der Waals surface area contributed by atoms with Gasteiger partial charge in [0.05, 0.1) is 35.8 Å². The van der Waals surface area contributed by atoms with E-state index in [1.165, 1.54) is 12.3 Å². The summed E-state index contributed by atoms with van der Waals surface area (Å²) in [6, 6.07) is 6.58. The van der Waals surface area contributed by atoms with Crippen LogP contribution in [0.5, 0.6) is 0 Å². The molecule has 0 saturated carbocycles. The van der Waals surface area contributed by atoms with Crippen LogP contribution in [0.25, 0.3) is 11.5 Å².